The van der Waals surface area contributed by atoms with E-state index < -0.39 is 22.7 Å². The average molecular weight is 371 g/mol. The van der Waals surface area contributed by atoms with Crippen LogP contribution in [0.25, 0.3) is 0 Å². The van der Waals surface area contributed by atoms with Crippen LogP contribution in [0, 0.1) is 33.5 Å². The van der Waals surface area contributed by atoms with Crippen LogP contribution in [-0.4, -0.2) is 39.2 Å². The summed E-state index contributed by atoms with van der Waals surface area (Å²) in [6, 6.07) is 9.82. The minimum Gasteiger partial charge on any atom is -0.497 e. The molecule has 1 heterocycles. The first-order chi connectivity index (χ1) is 13.0. The van der Waals surface area contributed by atoms with E-state index >= 15 is 0 Å². The molecule has 0 bridgehead atoms. The van der Waals surface area contributed by atoms with Gasteiger partial charge in [-0.2, -0.15) is 10.5 Å². The number of nitrogens with zero attached hydrogens (tertiary/aromatic N) is 2. The molecule has 3 rings (SSSR count). The van der Waals surface area contributed by atoms with Gasteiger partial charge in [0.2, 0.25) is 0 Å². The molecule has 8 nitrogen and oxygen atoms in total. The summed E-state index contributed by atoms with van der Waals surface area (Å²) in [4.78, 5) is 2.95. The van der Waals surface area contributed by atoms with Crippen molar-refractivity contribution in [1.82, 2.24) is 0 Å². The summed E-state index contributed by atoms with van der Waals surface area (Å²) < 4.78 is 22.6. The van der Waals surface area contributed by atoms with Gasteiger partial charge in [0.05, 0.1) is 45.5 Å². The van der Waals surface area contributed by atoms with Crippen molar-refractivity contribution in [3.8, 4) is 23.6 Å². The molecule has 0 unspecified atom stereocenters. The number of benzene rings is 1. The lowest BCUT2D eigenvalue weighted by atomic mass is 9.93. The van der Waals surface area contributed by atoms with E-state index in [1.807, 2.05) is 0 Å². The fourth-order valence-electron chi connectivity index (χ4n) is 4.39. The number of nitriles is 2. The Balaban J connectivity index is 2.27. The van der Waals surface area contributed by atoms with E-state index in [9.17, 15) is 10.5 Å². The van der Waals surface area contributed by atoms with Gasteiger partial charge < -0.3 is 18.9 Å². The zero-order chi connectivity index (χ0) is 19.9. The maximum Gasteiger partial charge on any atom is 0.343 e. The van der Waals surface area contributed by atoms with Gasteiger partial charge in [0, 0.05) is 5.56 Å². The molecule has 8 heteroatoms. The fourth-order valence-corrected chi connectivity index (χ4v) is 4.39. The fraction of sp³-hybridized carbons (Fsp3) is 0.526. The molecular weight excluding hydrogens is 348 g/mol. The van der Waals surface area contributed by atoms with Crippen LogP contribution < -0.4 is 20.2 Å². The van der Waals surface area contributed by atoms with Gasteiger partial charge in [0.1, 0.15) is 11.5 Å². The Hall–Kier alpha value is -2.81. The quantitative estimate of drug-likeness (QED) is 0.646. The van der Waals surface area contributed by atoms with Crippen LogP contribution in [0.1, 0.15) is 25.3 Å². The second kappa shape index (κ2) is 6.41. The second-order valence-electron chi connectivity index (χ2n) is 6.40. The van der Waals surface area contributed by atoms with E-state index in [1.54, 1.807) is 39.2 Å². The van der Waals surface area contributed by atoms with E-state index in [1.165, 1.54) is 7.11 Å². The van der Waals surface area contributed by atoms with E-state index in [2.05, 4.69) is 17.1 Å². The highest BCUT2D eigenvalue weighted by molar-refractivity contribution is 5.95. The summed E-state index contributed by atoms with van der Waals surface area (Å²) in [5.74, 6) is -0.854. The molecule has 0 aromatic heterocycles. The number of nitrogens with two attached hydrogens (primary N) is 1. The number of hydrogen-bond acceptors (Lipinski definition) is 7. The maximum atomic E-state index is 10.2. The van der Waals surface area contributed by atoms with Crippen molar-refractivity contribution in [3.05, 3.63) is 23.8 Å². The highest BCUT2D eigenvalue weighted by Gasteiger charge is 2.97. The van der Waals surface area contributed by atoms with Crippen LogP contribution in [0.3, 0.4) is 0 Å². The summed E-state index contributed by atoms with van der Waals surface area (Å²) >= 11 is 0. The number of rotatable bonds is 7. The lowest BCUT2D eigenvalue weighted by Gasteiger charge is -2.29. The predicted molar refractivity (Wildman–Crippen MR) is 94.5 cm³/mol. The number of hydrogen-bond donors (Lipinski definition) is 2. The molecule has 1 aromatic rings. The minimum absolute atomic E-state index is 0.156. The molecule has 1 saturated carbocycles. The van der Waals surface area contributed by atoms with Crippen LogP contribution in [0.4, 0.5) is 0 Å². The van der Waals surface area contributed by atoms with E-state index in [4.69, 9.17) is 24.7 Å². The Morgan fingerprint density at radius 2 is 1.78 bits per heavy atom. The Kier molecular flexibility index (Phi) is 4.51. The van der Waals surface area contributed by atoms with E-state index in [-0.39, 0.29) is 19.0 Å². The van der Waals surface area contributed by atoms with Gasteiger partial charge in [0.25, 0.3) is 5.84 Å². The van der Waals surface area contributed by atoms with E-state index in [0.29, 0.717) is 17.1 Å². The van der Waals surface area contributed by atoms with Gasteiger partial charge in [0.15, 0.2) is 10.8 Å². The first-order valence-electron chi connectivity index (χ1n) is 8.71. The summed E-state index contributed by atoms with van der Waals surface area (Å²) in [6.07, 6.45) is 0. The van der Waals surface area contributed by atoms with Gasteiger partial charge in [-0.15, -0.1) is 0 Å². The van der Waals surface area contributed by atoms with Gasteiger partial charge in [-0.1, -0.05) is 0 Å². The standard InChI is InChI=1S/C19H22N4O4/c1-5-26-19(27-6-2)18(11-21)15(17(18,10-20)16(22)23-19)13-9-12(24-3)7-8-14(13)25-4/h7-9,15H,5-6H2,1-4H3,(H2,22,23)/p+1/t15-,17-,18-/m1/s1. The van der Waals surface area contributed by atoms with Gasteiger partial charge in [-0.25, -0.2) is 4.99 Å². The van der Waals surface area contributed by atoms with Gasteiger partial charge in [-0.05, 0) is 32.0 Å². The molecule has 3 N–H and O–H groups in total. The molecule has 142 valence electrons. The van der Waals surface area contributed by atoms with Crippen molar-refractivity contribution in [2.75, 3.05) is 27.4 Å². The zero-order valence-corrected chi connectivity index (χ0v) is 15.8. The largest absolute Gasteiger partial charge is 0.497 e. The lowest BCUT2D eigenvalue weighted by Crippen LogP contribution is -2.91. The molecule has 1 aliphatic heterocycles. The molecule has 27 heavy (non-hydrogen) atoms. The Labute approximate surface area is 158 Å². The number of amidine groups is 1. The van der Waals surface area contributed by atoms with Crippen LogP contribution in [0.2, 0.25) is 0 Å². The highest BCUT2D eigenvalue weighted by atomic mass is 16.7. The molecule has 2 aliphatic rings. The third kappa shape index (κ3) is 2.05. The van der Waals surface area contributed by atoms with Crippen molar-refractivity contribution in [3.63, 3.8) is 0 Å². The van der Waals surface area contributed by atoms with Crippen molar-refractivity contribution in [1.29, 1.82) is 10.5 Å². The van der Waals surface area contributed by atoms with Crippen LogP contribution in [0.15, 0.2) is 18.2 Å². The molecule has 0 spiro atoms. The van der Waals surface area contributed by atoms with Gasteiger partial charge in [-0.3, -0.25) is 5.73 Å². The Morgan fingerprint density at radius 3 is 2.26 bits per heavy atom. The molecule has 1 fully saturated rings. The van der Waals surface area contributed by atoms with Crippen molar-refractivity contribution >= 4 is 5.84 Å². The third-order valence-corrected chi connectivity index (χ3v) is 5.44. The minimum atomic E-state index is -1.52. The monoisotopic (exact) mass is 371 g/mol. The second-order valence-corrected chi connectivity index (χ2v) is 6.40. The number of methoxy groups -OCH3 is 2. The Morgan fingerprint density at radius 1 is 1.11 bits per heavy atom. The van der Waals surface area contributed by atoms with Crippen LogP contribution >= 0.6 is 0 Å². The summed E-state index contributed by atoms with van der Waals surface area (Å²) in [5, 5.41) is 20.3. The van der Waals surface area contributed by atoms with Crippen molar-refractivity contribution in [2.45, 2.75) is 25.7 Å². The summed E-state index contributed by atoms with van der Waals surface area (Å²) in [7, 11) is 3.08. The smallest absolute Gasteiger partial charge is 0.343 e. The van der Waals surface area contributed by atoms with Crippen LogP contribution in [0.5, 0.6) is 11.5 Å². The topological polar surface area (TPSA) is 124 Å². The van der Waals surface area contributed by atoms with Gasteiger partial charge >= 0.3 is 5.91 Å². The van der Waals surface area contributed by atoms with E-state index in [0.717, 1.165) is 0 Å². The molecule has 1 aliphatic carbocycles. The molecule has 0 amide bonds. The summed E-state index contributed by atoms with van der Waals surface area (Å²) in [6.45, 7) is 4.12. The van der Waals surface area contributed by atoms with Crippen molar-refractivity contribution in [2.24, 2.45) is 16.6 Å². The number of nitrogens with one attached hydrogen (secondary N) is 1. The average Bonchev–Trinajstić information content (AvgIpc) is 3.26. The highest BCUT2D eigenvalue weighted by Crippen LogP contribution is 2.79. The Bertz CT molecular complexity index is 865. The molecular formula is C19H23N4O4+. The lowest BCUT2D eigenvalue weighted by molar-refractivity contribution is -0.693. The molecule has 0 radical (unpaired) electrons. The number of ether oxygens (including phenoxy) is 4. The number of fused-ring (bicyclic) bond motifs is 1. The zero-order valence-electron chi connectivity index (χ0n) is 15.8. The third-order valence-electron chi connectivity index (χ3n) is 5.44. The van der Waals surface area contributed by atoms with Crippen molar-refractivity contribution < 1.29 is 23.9 Å². The molecule has 1 aromatic carbocycles. The predicted octanol–water partition coefficient (Wildman–Crippen LogP) is -0.000840. The first-order valence-corrected chi connectivity index (χ1v) is 8.71. The summed E-state index contributed by atoms with van der Waals surface area (Å²) in [5.41, 5.74) is 4.21. The van der Waals surface area contributed by atoms with Crippen LogP contribution in [-0.2, 0) is 9.47 Å². The maximum absolute atomic E-state index is 10.2. The molecule has 0 saturated heterocycles. The first kappa shape index (κ1) is 19.0. The normalized spacial score (nSPS) is 29.9. The SMILES string of the molecule is CCOC1(OCC)[NH+]=C(N)[C@@]2(C#N)[C@@H](c3cc(OC)ccc3OC)[C@@]12C#N. The molecule has 3 atom stereocenters.